The molecule has 0 aliphatic carbocycles. The number of H-pyrrole nitrogens is 1. The zero-order chi connectivity index (χ0) is 16.1. The topological polar surface area (TPSA) is 69.5 Å². The first-order chi connectivity index (χ1) is 11.3. The Kier molecular flexibility index (Phi) is 4.42. The van der Waals surface area contributed by atoms with Gasteiger partial charge in [-0.25, -0.2) is 10.0 Å². The maximum absolute atomic E-state index is 4.53. The smallest absolute Gasteiger partial charge is 0.147 e. The van der Waals surface area contributed by atoms with Crippen LogP contribution in [0.25, 0.3) is 5.70 Å². The first-order valence-corrected chi connectivity index (χ1v) is 7.51. The lowest BCUT2D eigenvalue weighted by atomic mass is 10.1. The fourth-order valence-corrected chi connectivity index (χ4v) is 2.21. The Morgan fingerprint density at radius 1 is 1.26 bits per heavy atom. The Hall–Kier alpha value is -3.02. The summed E-state index contributed by atoms with van der Waals surface area (Å²) in [4.78, 5) is 8.61. The third kappa shape index (κ3) is 3.26. The van der Waals surface area contributed by atoms with E-state index in [9.17, 15) is 0 Å². The van der Waals surface area contributed by atoms with Crippen molar-refractivity contribution in [2.75, 3.05) is 0 Å². The summed E-state index contributed by atoms with van der Waals surface area (Å²) in [6.45, 7) is 6.16. The second-order valence-electron chi connectivity index (χ2n) is 5.05. The quantitative estimate of drug-likeness (QED) is 0.862. The van der Waals surface area contributed by atoms with Gasteiger partial charge in [0.05, 0.1) is 17.1 Å². The number of aromatic nitrogens is 3. The van der Waals surface area contributed by atoms with Crippen LogP contribution in [-0.2, 0) is 0 Å². The van der Waals surface area contributed by atoms with Crippen molar-refractivity contribution in [3.8, 4) is 0 Å². The number of unbranched alkanes of at least 4 members (excludes halogenated alkanes) is 1. The van der Waals surface area contributed by atoms with Crippen LogP contribution in [0.4, 0.5) is 0 Å². The van der Waals surface area contributed by atoms with Crippen molar-refractivity contribution in [3.05, 3.63) is 66.5 Å². The van der Waals surface area contributed by atoms with Crippen LogP contribution in [0.5, 0.6) is 0 Å². The molecule has 0 atom stereocenters. The summed E-state index contributed by atoms with van der Waals surface area (Å²) >= 11 is 0. The van der Waals surface area contributed by atoms with E-state index >= 15 is 0 Å². The minimum absolute atomic E-state index is 0.566. The molecular weight excluding hydrogens is 288 g/mol. The molecule has 2 aromatic heterocycles. The van der Waals surface area contributed by atoms with Crippen LogP contribution in [-0.4, -0.2) is 32.1 Å². The van der Waals surface area contributed by atoms with Gasteiger partial charge in [-0.2, -0.15) is 10.2 Å². The first kappa shape index (κ1) is 14.9. The maximum atomic E-state index is 4.53. The number of nitrogens with zero attached hydrogens (tertiary/aromatic N) is 5. The molecule has 0 amide bonds. The molecule has 0 spiro atoms. The summed E-state index contributed by atoms with van der Waals surface area (Å²) in [5.41, 5.74) is 3.53. The highest BCUT2D eigenvalue weighted by molar-refractivity contribution is 6.12. The van der Waals surface area contributed by atoms with Gasteiger partial charge in [0, 0.05) is 30.4 Å². The van der Waals surface area contributed by atoms with Crippen molar-refractivity contribution < 1.29 is 0 Å². The van der Waals surface area contributed by atoms with E-state index in [1.807, 2.05) is 30.5 Å². The molecule has 2 aromatic rings. The molecule has 0 radical (unpaired) electrons. The molecule has 116 valence electrons. The van der Waals surface area contributed by atoms with Gasteiger partial charge in [-0.1, -0.05) is 19.9 Å². The van der Waals surface area contributed by atoms with Gasteiger partial charge in [0.2, 0.25) is 0 Å². The number of hydrogen-bond donors (Lipinski definition) is 1. The predicted molar refractivity (Wildman–Crippen MR) is 91.7 cm³/mol. The second-order valence-corrected chi connectivity index (χ2v) is 5.05. The Morgan fingerprint density at radius 2 is 2.09 bits per heavy atom. The average Bonchev–Trinajstić information content (AvgIpc) is 3.11. The highest BCUT2D eigenvalue weighted by Crippen LogP contribution is 2.28. The van der Waals surface area contributed by atoms with E-state index in [0.29, 0.717) is 5.82 Å². The number of rotatable bonds is 5. The Balaban J connectivity index is 2.02. The molecule has 0 saturated carbocycles. The Labute approximate surface area is 135 Å². The van der Waals surface area contributed by atoms with Crippen LogP contribution in [0.3, 0.4) is 0 Å². The van der Waals surface area contributed by atoms with Gasteiger partial charge in [0.25, 0.3) is 0 Å². The maximum Gasteiger partial charge on any atom is 0.147 e. The van der Waals surface area contributed by atoms with E-state index in [-0.39, 0.29) is 0 Å². The lowest BCUT2D eigenvalue weighted by Crippen LogP contribution is -2.21. The van der Waals surface area contributed by atoms with E-state index in [1.165, 1.54) is 0 Å². The number of hydrogen-bond acceptors (Lipinski definition) is 5. The summed E-state index contributed by atoms with van der Waals surface area (Å²) in [6.07, 6.45) is 11.0. The van der Waals surface area contributed by atoms with E-state index < -0.39 is 0 Å². The van der Waals surface area contributed by atoms with Crippen LogP contribution in [0.15, 0.2) is 65.4 Å². The van der Waals surface area contributed by atoms with Crippen molar-refractivity contribution in [2.24, 2.45) is 10.1 Å². The fraction of sp³-hybridized carbons (Fsp3) is 0.176. The van der Waals surface area contributed by atoms with Gasteiger partial charge in [0.1, 0.15) is 5.82 Å². The van der Waals surface area contributed by atoms with Crippen molar-refractivity contribution in [3.63, 3.8) is 0 Å². The summed E-state index contributed by atoms with van der Waals surface area (Å²) in [5, 5.41) is 13.2. The van der Waals surface area contributed by atoms with Crippen LogP contribution in [0, 0.1) is 0 Å². The van der Waals surface area contributed by atoms with Gasteiger partial charge in [-0.05, 0) is 30.7 Å². The lowest BCUT2D eigenvalue weighted by molar-refractivity contribution is 0.517. The minimum Gasteiger partial charge on any atom is -0.276 e. The average molecular weight is 306 g/mol. The summed E-state index contributed by atoms with van der Waals surface area (Å²) in [6, 6.07) is 5.76. The SMILES string of the molecule is C=C1N=C(c2ccn[nH]2)C=C(c2ccncc2)N1/N=C\CCC. The molecule has 1 aliphatic rings. The molecule has 6 nitrogen and oxygen atoms in total. The van der Waals surface area contributed by atoms with Gasteiger partial charge < -0.3 is 0 Å². The Bertz CT molecular complexity index is 756. The standard InChI is InChI=1S/C17H18N6/c1-3-4-8-20-23-13(2)21-16(15-7-11-19-22-15)12-17(23)14-5-9-18-10-6-14/h5-12H,2-4H2,1H3,(H,19,22)/b20-8-. The summed E-state index contributed by atoms with van der Waals surface area (Å²) < 4.78 is 0. The van der Waals surface area contributed by atoms with Crippen LogP contribution < -0.4 is 0 Å². The third-order valence-corrected chi connectivity index (χ3v) is 3.36. The van der Waals surface area contributed by atoms with E-state index in [4.69, 9.17) is 0 Å². The van der Waals surface area contributed by atoms with Crippen molar-refractivity contribution >= 4 is 17.6 Å². The first-order valence-electron chi connectivity index (χ1n) is 7.51. The van der Waals surface area contributed by atoms with E-state index in [2.05, 4.69) is 38.8 Å². The van der Waals surface area contributed by atoms with Gasteiger partial charge in [-0.3, -0.25) is 10.1 Å². The van der Waals surface area contributed by atoms with E-state index in [1.54, 1.807) is 23.6 Å². The molecule has 0 unspecified atom stereocenters. The predicted octanol–water partition coefficient (Wildman–Crippen LogP) is 3.21. The number of aromatic amines is 1. The van der Waals surface area contributed by atoms with Crippen molar-refractivity contribution in [1.29, 1.82) is 0 Å². The minimum atomic E-state index is 0.566. The number of hydrazone groups is 1. The molecule has 3 rings (SSSR count). The number of pyridine rings is 1. The molecule has 0 aromatic carbocycles. The van der Waals surface area contributed by atoms with E-state index in [0.717, 1.165) is 35.5 Å². The van der Waals surface area contributed by atoms with Crippen LogP contribution in [0.1, 0.15) is 31.0 Å². The van der Waals surface area contributed by atoms with Gasteiger partial charge in [0.15, 0.2) is 0 Å². The normalized spacial score (nSPS) is 15.0. The molecule has 0 bridgehead atoms. The zero-order valence-corrected chi connectivity index (χ0v) is 13.0. The molecule has 0 saturated heterocycles. The number of allylic oxidation sites excluding steroid dienone is 1. The molecule has 1 aliphatic heterocycles. The van der Waals surface area contributed by atoms with Crippen LogP contribution >= 0.6 is 0 Å². The van der Waals surface area contributed by atoms with Crippen molar-refractivity contribution in [2.45, 2.75) is 19.8 Å². The summed E-state index contributed by atoms with van der Waals surface area (Å²) in [5.74, 6) is 0.566. The molecule has 0 fully saturated rings. The fourth-order valence-electron chi connectivity index (χ4n) is 2.21. The largest absolute Gasteiger partial charge is 0.276 e. The summed E-state index contributed by atoms with van der Waals surface area (Å²) in [7, 11) is 0. The molecule has 23 heavy (non-hydrogen) atoms. The monoisotopic (exact) mass is 306 g/mol. The molecular formula is C17H18N6. The lowest BCUT2D eigenvalue weighted by Gasteiger charge is -2.26. The molecule has 3 heterocycles. The zero-order valence-electron chi connectivity index (χ0n) is 13.0. The van der Waals surface area contributed by atoms with Crippen molar-refractivity contribution in [1.82, 2.24) is 20.2 Å². The highest BCUT2D eigenvalue weighted by Gasteiger charge is 2.21. The number of aliphatic imine (C=N–C) groups is 1. The molecule has 6 heteroatoms. The number of nitrogens with one attached hydrogen (secondary N) is 1. The van der Waals surface area contributed by atoms with Crippen LogP contribution in [0.2, 0.25) is 0 Å². The third-order valence-electron chi connectivity index (χ3n) is 3.36. The Morgan fingerprint density at radius 3 is 2.78 bits per heavy atom. The van der Waals surface area contributed by atoms with Gasteiger partial charge in [-0.15, -0.1) is 0 Å². The second kappa shape index (κ2) is 6.83. The van der Waals surface area contributed by atoms with Gasteiger partial charge >= 0.3 is 0 Å². The molecule has 1 N–H and O–H groups in total. The highest BCUT2D eigenvalue weighted by atomic mass is 15.5.